The topological polar surface area (TPSA) is 71.0 Å². The predicted molar refractivity (Wildman–Crippen MR) is 100 cm³/mol. The minimum Gasteiger partial charge on any atom is -0.494 e. The number of nitrogens with zero attached hydrogens (tertiary/aromatic N) is 2. The Balaban J connectivity index is 1.59. The molecule has 1 heterocycles. The zero-order valence-electron chi connectivity index (χ0n) is 15.4. The molecule has 1 aromatic carbocycles. The Labute approximate surface area is 154 Å². The van der Waals surface area contributed by atoms with Crippen molar-refractivity contribution >= 4 is 18.2 Å². The van der Waals surface area contributed by atoms with Gasteiger partial charge in [0.25, 0.3) is 5.91 Å². The monoisotopic (exact) mass is 357 g/mol. The van der Waals surface area contributed by atoms with Crippen LogP contribution in [0.1, 0.15) is 63.9 Å². The zero-order valence-corrected chi connectivity index (χ0v) is 15.4. The number of urea groups is 1. The van der Waals surface area contributed by atoms with Crippen molar-refractivity contribution in [3.8, 4) is 5.75 Å². The molecule has 0 unspecified atom stereocenters. The van der Waals surface area contributed by atoms with Crippen LogP contribution >= 0.6 is 0 Å². The highest BCUT2D eigenvalue weighted by Crippen LogP contribution is 2.33. The van der Waals surface area contributed by atoms with Crippen LogP contribution in [0.2, 0.25) is 0 Å². The average Bonchev–Trinajstić information content (AvgIpc) is 2.88. The number of amides is 3. The maximum absolute atomic E-state index is 12.6. The van der Waals surface area contributed by atoms with Crippen molar-refractivity contribution in [2.24, 2.45) is 5.10 Å². The van der Waals surface area contributed by atoms with E-state index in [9.17, 15) is 9.59 Å². The molecule has 2 fully saturated rings. The van der Waals surface area contributed by atoms with Crippen molar-refractivity contribution in [3.63, 3.8) is 0 Å². The number of imide groups is 1. The van der Waals surface area contributed by atoms with Gasteiger partial charge in [-0.25, -0.2) is 4.79 Å². The van der Waals surface area contributed by atoms with Crippen LogP contribution in [0.3, 0.4) is 0 Å². The quantitative estimate of drug-likeness (QED) is 0.458. The summed E-state index contributed by atoms with van der Waals surface area (Å²) in [6, 6.07) is 7.06. The average molecular weight is 357 g/mol. The largest absolute Gasteiger partial charge is 0.494 e. The first-order chi connectivity index (χ1) is 12.6. The molecular formula is C20H27N3O3. The van der Waals surface area contributed by atoms with Crippen molar-refractivity contribution in [2.75, 3.05) is 6.61 Å². The Kier molecular flexibility index (Phi) is 5.91. The highest BCUT2D eigenvalue weighted by molar-refractivity contribution is 6.07. The molecule has 0 aromatic heterocycles. The van der Waals surface area contributed by atoms with E-state index in [1.54, 1.807) is 6.21 Å². The van der Waals surface area contributed by atoms with Crippen molar-refractivity contribution in [1.82, 2.24) is 10.3 Å². The van der Waals surface area contributed by atoms with Gasteiger partial charge in [0, 0.05) is 0 Å². The number of rotatable bonds is 7. The standard InChI is InChI=1S/C20H27N3O3/c1-2-3-7-14-26-17-10-8-16(9-11-17)15-21-23-18(24)20(22-19(23)25)12-5-4-6-13-20/h8-11,15H,2-7,12-14H2,1H3,(H,22,25)/b21-15-. The minimum absolute atomic E-state index is 0.227. The number of carbonyl (C=O) groups excluding carboxylic acids is 2. The Morgan fingerprint density at radius 3 is 2.58 bits per heavy atom. The van der Waals surface area contributed by atoms with Gasteiger partial charge in [-0.3, -0.25) is 4.79 Å². The summed E-state index contributed by atoms with van der Waals surface area (Å²) in [6.45, 7) is 2.88. The molecule has 140 valence electrons. The Morgan fingerprint density at radius 1 is 1.15 bits per heavy atom. The molecule has 0 atom stereocenters. The molecular weight excluding hydrogens is 330 g/mol. The van der Waals surface area contributed by atoms with Crippen LogP contribution in [-0.2, 0) is 4.79 Å². The molecule has 1 aromatic rings. The molecule has 3 rings (SSSR count). The molecule has 0 bridgehead atoms. The molecule has 1 N–H and O–H groups in total. The lowest BCUT2D eigenvalue weighted by atomic mass is 9.82. The van der Waals surface area contributed by atoms with E-state index in [1.165, 1.54) is 6.42 Å². The zero-order chi connectivity index (χ0) is 18.4. The van der Waals surface area contributed by atoms with Crippen LogP contribution in [0.25, 0.3) is 0 Å². The minimum atomic E-state index is -0.733. The van der Waals surface area contributed by atoms with E-state index in [0.29, 0.717) is 19.4 Å². The Morgan fingerprint density at radius 2 is 1.88 bits per heavy atom. The van der Waals surface area contributed by atoms with E-state index in [2.05, 4.69) is 17.3 Å². The number of hydrazone groups is 1. The summed E-state index contributed by atoms with van der Waals surface area (Å²) in [5, 5.41) is 7.95. The second kappa shape index (κ2) is 8.34. The highest BCUT2D eigenvalue weighted by Gasteiger charge is 2.51. The van der Waals surface area contributed by atoms with Crippen LogP contribution in [0, 0.1) is 0 Å². The summed E-state index contributed by atoms with van der Waals surface area (Å²) in [5.74, 6) is 0.587. The van der Waals surface area contributed by atoms with Gasteiger partial charge in [0.2, 0.25) is 0 Å². The van der Waals surface area contributed by atoms with E-state index in [0.717, 1.165) is 48.4 Å². The normalized spacial score (nSPS) is 19.3. The van der Waals surface area contributed by atoms with Gasteiger partial charge < -0.3 is 10.1 Å². The van der Waals surface area contributed by atoms with Crippen LogP contribution in [0.5, 0.6) is 5.75 Å². The van der Waals surface area contributed by atoms with Crippen molar-refractivity contribution in [1.29, 1.82) is 0 Å². The number of unbranched alkanes of at least 4 members (excludes halogenated alkanes) is 2. The van der Waals surface area contributed by atoms with Gasteiger partial charge in [0.15, 0.2) is 0 Å². The molecule has 1 saturated heterocycles. The van der Waals surface area contributed by atoms with Gasteiger partial charge in [0.05, 0.1) is 12.8 Å². The summed E-state index contributed by atoms with van der Waals surface area (Å²) in [6.07, 6.45) is 9.36. The molecule has 1 aliphatic carbocycles. The number of hydrogen-bond acceptors (Lipinski definition) is 4. The smallest absolute Gasteiger partial charge is 0.346 e. The number of ether oxygens (including phenoxy) is 1. The van der Waals surface area contributed by atoms with E-state index in [1.807, 2.05) is 24.3 Å². The predicted octanol–water partition coefficient (Wildman–Crippen LogP) is 3.84. The van der Waals surface area contributed by atoms with Crippen molar-refractivity contribution in [3.05, 3.63) is 29.8 Å². The SMILES string of the molecule is CCCCCOc1ccc(/C=N\N2C(=O)NC3(CCCCC3)C2=O)cc1. The number of benzene rings is 1. The Hall–Kier alpha value is -2.37. The van der Waals surface area contributed by atoms with Gasteiger partial charge in [-0.15, -0.1) is 5.01 Å². The third-order valence-corrected chi connectivity index (χ3v) is 5.07. The first-order valence-corrected chi connectivity index (χ1v) is 9.58. The summed E-state index contributed by atoms with van der Waals surface area (Å²) >= 11 is 0. The van der Waals surface area contributed by atoms with Crippen LogP contribution < -0.4 is 10.1 Å². The fourth-order valence-corrected chi connectivity index (χ4v) is 3.52. The molecule has 6 heteroatoms. The number of nitrogens with one attached hydrogen (secondary N) is 1. The first-order valence-electron chi connectivity index (χ1n) is 9.58. The molecule has 6 nitrogen and oxygen atoms in total. The van der Waals surface area contributed by atoms with Crippen LogP contribution in [-0.4, -0.2) is 35.3 Å². The van der Waals surface area contributed by atoms with Gasteiger partial charge in [0.1, 0.15) is 11.3 Å². The maximum Gasteiger partial charge on any atom is 0.346 e. The molecule has 1 aliphatic heterocycles. The second-order valence-electron chi connectivity index (χ2n) is 7.06. The Bertz CT molecular complexity index is 663. The molecule has 26 heavy (non-hydrogen) atoms. The van der Waals surface area contributed by atoms with Gasteiger partial charge >= 0.3 is 6.03 Å². The van der Waals surface area contributed by atoms with Crippen LogP contribution in [0.4, 0.5) is 4.79 Å². The van der Waals surface area contributed by atoms with Gasteiger partial charge in [-0.2, -0.15) is 5.10 Å². The third kappa shape index (κ3) is 4.06. The first kappa shape index (κ1) is 18.4. The lowest BCUT2D eigenvalue weighted by molar-refractivity contribution is -0.132. The van der Waals surface area contributed by atoms with Crippen LogP contribution in [0.15, 0.2) is 29.4 Å². The summed E-state index contributed by atoms with van der Waals surface area (Å²) in [4.78, 5) is 24.8. The summed E-state index contributed by atoms with van der Waals surface area (Å²) in [5.41, 5.74) is 0.0826. The number of hydrogen-bond donors (Lipinski definition) is 1. The molecule has 2 aliphatic rings. The fourth-order valence-electron chi connectivity index (χ4n) is 3.52. The highest BCUT2D eigenvalue weighted by atomic mass is 16.5. The number of carbonyl (C=O) groups is 2. The van der Waals surface area contributed by atoms with Gasteiger partial charge in [-0.05, 0) is 49.1 Å². The molecule has 1 spiro atoms. The third-order valence-electron chi connectivity index (χ3n) is 5.07. The summed E-state index contributed by atoms with van der Waals surface area (Å²) in [7, 11) is 0. The fraction of sp³-hybridized carbons (Fsp3) is 0.550. The maximum atomic E-state index is 12.6. The van der Waals surface area contributed by atoms with Gasteiger partial charge in [-0.1, -0.05) is 39.0 Å². The summed E-state index contributed by atoms with van der Waals surface area (Å²) < 4.78 is 5.68. The van der Waals surface area contributed by atoms with E-state index in [4.69, 9.17) is 4.74 Å². The van der Waals surface area contributed by atoms with E-state index in [-0.39, 0.29) is 5.91 Å². The second-order valence-corrected chi connectivity index (χ2v) is 7.06. The lowest BCUT2D eigenvalue weighted by Crippen LogP contribution is -2.48. The lowest BCUT2D eigenvalue weighted by Gasteiger charge is -2.29. The van der Waals surface area contributed by atoms with E-state index >= 15 is 0 Å². The molecule has 0 radical (unpaired) electrons. The van der Waals surface area contributed by atoms with Crippen molar-refractivity contribution in [2.45, 2.75) is 63.8 Å². The molecule has 3 amide bonds. The molecule has 1 saturated carbocycles. The van der Waals surface area contributed by atoms with E-state index < -0.39 is 11.6 Å². The van der Waals surface area contributed by atoms with Crippen molar-refractivity contribution < 1.29 is 14.3 Å².